The van der Waals surface area contributed by atoms with Gasteiger partial charge in [0.25, 0.3) is 0 Å². The van der Waals surface area contributed by atoms with E-state index in [1.165, 1.54) is 11.1 Å². The van der Waals surface area contributed by atoms with Crippen LogP contribution in [0.4, 0.5) is 0 Å². The molecule has 1 saturated heterocycles. The molecule has 0 aromatic heterocycles. The molecular weight excluding hydrogens is 493 g/mol. The minimum Gasteiger partial charge on any atom is -0.207 e. The topological polar surface area (TPSA) is 37.4 Å². The third-order valence-corrected chi connectivity index (χ3v) is 8.80. The molecule has 150 valence electrons. The van der Waals surface area contributed by atoms with Gasteiger partial charge in [-0.2, -0.15) is 4.31 Å². The summed E-state index contributed by atoms with van der Waals surface area (Å²) in [4.78, 5) is 0.370. The lowest BCUT2D eigenvalue weighted by molar-refractivity contribution is 0.409. The fourth-order valence-electron chi connectivity index (χ4n) is 4.32. The van der Waals surface area contributed by atoms with Crippen LogP contribution in [0.25, 0.3) is 0 Å². The van der Waals surface area contributed by atoms with Crippen molar-refractivity contribution in [2.24, 2.45) is 0 Å². The Morgan fingerprint density at radius 1 is 0.897 bits per heavy atom. The fourth-order valence-corrected chi connectivity index (χ4v) is 7.06. The molecule has 0 amide bonds. The zero-order chi connectivity index (χ0) is 20.5. The van der Waals surface area contributed by atoms with E-state index in [9.17, 15) is 8.42 Å². The molecule has 1 aliphatic rings. The number of alkyl halides is 1. The van der Waals surface area contributed by atoms with Crippen LogP contribution in [-0.2, 0) is 15.4 Å². The molecule has 0 saturated carbocycles. The van der Waals surface area contributed by atoms with E-state index in [-0.39, 0.29) is 11.5 Å². The molecule has 0 aliphatic carbocycles. The quantitative estimate of drug-likeness (QED) is 0.346. The van der Waals surface area contributed by atoms with E-state index in [1.54, 1.807) is 16.4 Å². The first-order valence-electron chi connectivity index (χ1n) is 9.73. The summed E-state index contributed by atoms with van der Waals surface area (Å²) < 4.78 is 29.7. The van der Waals surface area contributed by atoms with Crippen LogP contribution in [0.3, 0.4) is 0 Å². The van der Waals surface area contributed by atoms with Crippen LogP contribution in [0, 0.1) is 6.92 Å². The van der Waals surface area contributed by atoms with Gasteiger partial charge < -0.3 is 0 Å². The minimum atomic E-state index is -3.58. The zero-order valence-electron chi connectivity index (χ0n) is 16.3. The molecule has 0 radical (unpaired) electrons. The molecule has 1 heterocycles. The van der Waals surface area contributed by atoms with Gasteiger partial charge in [-0.3, -0.25) is 0 Å². The third kappa shape index (κ3) is 3.76. The van der Waals surface area contributed by atoms with Crippen LogP contribution in [0.2, 0.25) is 0 Å². The van der Waals surface area contributed by atoms with Crippen LogP contribution < -0.4 is 0 Å². The number of nitrogens with zero attached hydrogens (tertiary/aromatic N) is 1. The van der Waals surface area contributed by atoms with E-state index in [0.29, 0.717) is 11.4 Å². The predicted molar refractivity (Wildman–Crippen MR) is 126 cm³/mol. The highest BCUT2D eigenvalue weighted by atomic mass is 127. The molecule has 1 fully saturated rings. The van der Waals surface area contributed by atoms with Crippen LogP contribution in [0.5, 0.6) is 0 Å². The summed E-state index contributed by atoms with van der Waals surface area (Å²) in [5.74, 6) is 0. The first-order chi connectivity index (χ1) is 14.0. The molecule has 5 heteroatoms. The van der Waals surface area contributed by atoms with Gasteiger partial charge in [-0.25, -0.2) is 8.42 Å². The Kier molecular flexibility index (Phi) is 5.82. The maximum atomic E-state index is 13.6. The fraction of sp³-hybridized carbons (Fsp3) is 0.250. The van der Waals surface area contributed by atoms with E-state index in [0.717, 1.165) is 16.4 Å². The van der Waals surface area contributed by atoms with Crippen molar-refractivity contribution in [3.8, 4) is 0 Å². The SMILES string of the molecule is Cc1ccc(S(=O)(=O)N2CC(c3ccccc3)(c3ccccc3)C[C@H]2CI)cc1. The summed E-state index contributed by atoms with van der Waals surface area (Å²) in [6.07, 6.45) is 0.773. The summed E-state index contributed by atoms with van der Waals surface area (Å²) in [6.45, 7) is 2.42. The molecule has 0 N–H and O–H groups in total. The zero-order valence-corrected chi connectivity index (χ0v) is 19.3. The van der Waals surface area contributed by atoms with Gasteiger partial charge in [0.15, 0.2) is 0 Å². The van der Waals surface area contributed by atoms with Crippen molar-refractivity contribution in [1.29, 1.82) is 0 Å². The van der Waals surface area contributed by atoms with Crippen molar-refractivity contribution in [3.63, 3.8) is 0 Å². The predicted octanol–water partition coefficient (Wildman–Crippen LogP) is 5.18. The van der Waals surface area contributed by atoms with Gasteiger partial charge in [0, 0.05) is 22.4 Å². The van der Waals surface area contributed by atoms with Gasteiger partial charge in [0.2, 0.25) is 10.0 Å². The molecule has 29 heavy (non-hydrogen) atoms. The summed E-state index contributed by atoms with van der Waals surface area (Å²) in [7, 11) is -3.58. The monoisotopic (exact) mass is 517 g/mol. The van der Waals surface area contributed by atoms with Crippen LogP contribution in [-0.4, -0.2) is 29.7 Å². The van der Waals surface area contributed by atoms with E-state index in [2.05, 4.69) is 46.9 Å². The van der Waals surface area contributed by atoms with Crippen LogP contribution in [0.1, 0.15) is 23.1 Å². The number of hydrogen-bond donors (Lipinski definition) is 0. The molecule has 1 aliphatic heterocycles. The van der Waals surface area contributed by atoms with Crippen LogP contribution >= 0.6 is 22.6 Å². The molecule has 3 nitrogen and oxygen atoms in total. The second-order valence-electron chi connectivity index (χ2n) is 7.69. The van der Waals surface area contributed by atoms with Crippen molar-refractivity contribution in [1.82, 2.24) is 4.31 Å². The van der Waals surface area contributed by atoms with E-state index in [4.69, 9.17) is 0 Å². The van der Waals surface area contributed by atoms with Crippen molar-refractivity contribution >= 4 is 32.6 Å². The largest absolute Gasteiger partial charge is 0.243 e. The highest BCUT2D eigenvalue weighted by Crippen LogP contribution is 2.45. The van der Waals surface area contributed by atoms with Gasteiger partial charge in [0.1, 0.15) is 0 Å². The molecule has 0 spiro atoms. The Labute approximate surface area is 187 Å². The number of sulfonamides is 1. The highest BCUT2D eigenvalue weighted by molar-refractivity contribution is 14.1. The second kappa shape index (κ2) is 8.20. The molecule has 3 aromatic carbocycles. The van der Waals surface area contributed by atoms with Gasteiger partial charge in [0.05, 0.1) is 4.90 Å². The Bertz CT molecular complexity index is 1030. The third-order valence-electron chi connectivity index (χ3n) is 5.88. The van der Waals surface area contributed by atoms with Gasteiger partial charge in [-0.15, -0.1) is 0 Å². The highest BCUT2D eigenvalue weighted by Gasteiger charge is 2.50. The van der Waals surface area contributed by atoms with Gasteiger partial charge >= 0.3 is 0 Å². The lowest BCUT2D eigenvalue weighted by Gasteiger charge is -2.30. The van der Waals surface area contributed by atoms with Crippen molar-refractivity contribution in [3.05, 3.63) is 102 Å². The van der Waals surface area contributed by atoms with E-state index >= 15 is 0 Å². The Balaban J connectivity index is 1.83. The van der Waals surface area contributed by atoms with Gasteiger partial charge in [-0.1, -0.05) is 101 Å². The second-order valence-corrected chi connectivity index (χ2v) is 10.5. The lowest BCUT2D eigenvalue weighted by Crippen LogP contribution is -2.38. The molecule has 3 aromatic rings. The van der Waals surface area contributed by atoms with Crippen LogP contribution in [0.15, 0.2) is 89.8 Å². The number of hydrogen-bond acceptors (Lipinski definition) is 2. The maximum absolute atomic E-state index is 13.6. The maximum Gasteiger partial charge on any atom is 0.243 e. The Hall–Kier alpha value is -1.70. The number of aryl methyl sites for hydroxylation is 1. The summed E-state index contributed by atoms with van der Waals surface area (Å²) in [5, 5.41) is 0. The van der Waals surface area contributed by atoms with Gasteiger partial charge in [-0.05, 0) is 36.6 Å². The summed E-state index contributed by atoms with van der Waals surface area (Å²) >= 11 is 2.32. The molecule has 1 atom stereocenters. The van der Waals surface area contributed by atoms with Crippen molar-refractivity contribution in [2.45, 2.75) is 29.7 Å². The molecule has 0 bridgehead atoms. The number of halogens is 1. The van der Waals surface area contributed by atoms with E-state index < -0.39 is 10.0 Å². The Morgan fingerprint density at radius 3 is 1.90 bits per heavy atom. The van der Waals surface area contributed by atoms with Crippen molar-refractivity contribution in [2.75, 3.05) is 11.0 Å². The summed E-state index contributed by atoms with van der Waals surface area (Å²) in [5.41, 5.74) is 3.04. The smallest absolute Gasteiger partial charge is 0.207 e. The average Bonchev–Trinajstić information content (AvgIpc) is 3.17. The van der Waals surface area contributed by atoms with Crippen molar-refractivity contribution < 1.29 is 8.42 Å². The first kappa shape index (κ1) is 20.6. The summed E-state index contributed by atoms with van der Waals surface area (Å²) in [6, 6.07) is 27.8. The molecular formula is C24H24INO2S. The normalized spacial score (nSPS) is 19.3. The molecule has 0 unspecified atom stereocenters. The first-order valence-corrected chi connectivity index (χ1v) is 12.7. The number of benzene rings is 3. The molecule has 4 rings (SSSR count). The Morgan fingerprint density at radius 2 is 1.41 bits per heavy atom. The number of rotatable bonds is 5. The minimum absolute atomic E-state index is 0.0534. The lowest BCUT2D eigenvalue weighted by atomic mass is 9.73. The standard InChI is InChI=1S/C24H24INO2S/c1-19-12-14-23(15-13-19)29(27,28)26-18-24(16-22(26)17-25,20-8-4-2-5-9-20)21-10-6-3-7-11-21/h2-15,22H,16-18H2,1H3/t22-/m0/s1. The average molecular weight is 517 g/mol. The van der Waals surface area contributed by atoms with E-state index in [1.807, 2.05) is 55.5 Å².